The molecule has 0 bridgehead atoms. The van der Waals surface area contributed by atoms with Crippen molar-refractivity contribution >= 4 is 33.3 Å². The zero-order chi connectivity index (χ0) is 18.4. The van der Waals surface area contributed by atoms with Crippen molar-refractivity contribution in [2.75, 3.05) is 0 Å². The average molecular weight is 359 g/mol. The van der Waals surface area contributed by atoms with Gasteiger partial charge in [0.2, 0.25) is 0 Å². The van der Waals surface area contributed by atoms with Gasteiger partial charge in [-0.05, 0) is 55.2 Å². The fourth-order valence-electron chi connectivity index (χ4n) is 3.32. The van der Waals surface area contributed by atoms with E-state index < -0.39 is 6.04 Å². The van der Waals surface area contributed by atoms with Crippen LogP contribution in [0.3, 0.4) is 0 Å². The van der Waals surface area contributed by atoms with Crippen LogP contribution in [0.25, 0.3) is 10.2 Å². The van der Waals surface area contributed by atoms with Crippen molar-refractivity contribution < 1.29 is 4.79 Å². The summed E-state index contributed by atoms with van der Waals surface area (Å²) in [6.07, 6.45) is 3.23. The van der Waals surface area contributed by atoms with E-state index in [4.69, 9.17) is 16.1 Å². The van der Waals surface area contributed by atoms with Gasteiger partial charge in [0, 0.05) is 11.1 Å². The number of hydrogen-bond acceptors (Lipinski definition) is 4. The molecule has 1 aliphatic rings. The summed E-state index contributed by atoms with van der Waals surface area (Å²) in [5.41, 5.74) is 8.23. The van der Waals surface area contributed by atoms with Crippen LogP contribution in [-0.2, 0) is 12.8 Å². The van der Waals surface area contributed by atoms with E-state index in [2.05, 4.69) is 32.2 Å². The number of carbonyl (C=O) groups is 1. The first-order valence-electron chi connectivity index (χ1n) is 8.72. The van der Waals surface area contributed by atoms with E-state index in [1.54, 1.807) is 6.92 Å². The molecule has 0 aliphatic heterocycles. The highest BCUT2D eigenvalue weighted by Gasteiger charge is 2.29. The fourth-order valence-corrected chi connectivity index (χ4v) is 4.26. The van der Waals surface area contributed by atoms with Crippen LogP contribution in [0.5, 0.6) is 0 Å². The Hall–Kier alpha value is -1.95. The number of nitrogens with zero attached hydrogens (tertiary/aromatic N) is 1. The minimum atomic E-state index is -0.466. The first-order chi connectivity index (χ1) is 11.6. The number of aromatic nitrogens is 1. The molecule has 1 aliphatic carbocycles. The number of carbonyl (C=O) groups excluding carboxylic acids is 1. The van der Waals surface area contributed by atoms with Crippen molar-refractivity contribution in [2.24, 2.45) is 17.1 Å². The number of amidine groups is 1. The molecule has 25 heavy (non-hydrogen) atoms. The van der Waals surface area contributed by atoms with Crippen LogP contribution < -0.4 is 11.1 Å². The van der Waals surface area contributed by atoms with Gasteiger partial charge in [0.05, 0.1) is 10.9 Å². The van der Waals surface area contributed by atoms with Crippen molar-refractivity contribution in [3.63, 3.8) is 0 Å². The molecule has 1 amide bonds. The SMILES string of the molecule is C[C@H](NC(=O)c1cc2cc3c(nc2s1)CCC(C(C)(C)C)C3)C(=N)N. The topological polar surface area (TPSA) is 91.9 Å². The summed E-state index contributed by atoms with van der Waals surface area (Å²) in [6, 6.07) is 3.64. The quantitative estimate of drug-likeness (QED) is 0.579. The highest BCUT2D eigenvalue weighted by atomic mass is 32.1. The zero-order valence-electron chi connectivity index (χ0n) is 15.3. The lowest BCUT2D eigenvalue weighted by Crippen LogP contribution is -2.41. The first kappa shape index (κ1) is 17.9. The van der Waals surface area contributed by atoms with E-state index in [9.17, 15) is 4.79 Å². The van der Waals surface area contributed by atoms with Gasteiger partial charge in [0.25, 0.3) is 5.91 Å². The van der Waals surface area contributed by atoms with Crippen molar-refractivity contribution in [3.8, 4) is 0 Å². The molecule has 2 aromatic rings. The third-order valence-corrected chi connectivity index (χ3v) is 6.18. The summed E-state index contributed by atoms with van der Waals surface area (Å²) in [5, 5.41) is 11.2. The lowest BCUT2D eigenvalue weighted by atomic mass is 9.71. The number of aryl methyl sites for hydroxylation is 1. The molecule has 0 saturated carbocycles. The van der Waals surface area contributed by atoms with Gasteiger partial charge in [-0.1, -0.05) is 20.8 Å². The number of fused-ring (bicyclic) bond motifs is 2. The molecule has 6 heteroatoms. The molecule has 2 aromatic heterocycles. The first-order valence-corrected chi connectivity index (χ1v) is 9.54. The maximum atomic E-state index is 12.4. The number of rotatable bonds is 3. The predicted octanol–water partition coefficient (Wildman–Crippen LogP) is 3.50. The van der Waals surface area contributed by atoms with E-state index in [-0.39, 0.29) is 11.7 Å². The number of pyridine rings is 1. The molecular formula is C19H26N4OS. The maximum absolute atomic E-state index is 12.4. The number of hydrogen-bond donors (Lipinski definition) is 3. The predicted molar refractivity (Wildman–Crippen MR) is 103 cm³/mol. The van der Waals surface area contributed by atoms with Crippen LogP contribution in [0, 0.1) is 16.7 Å². The molecule has 0 saturated heterocycles. The van der Waals surface area contributed by atoms with E-state index in [0.717, 1.165) is 23.1 Å². The van der Waals surface area contributed by atoms with Crippen LogP contribution in [0.2, 0.25) is 0 Å². The van der Waals surface area contributed by atoms with Crippen LogP contribution >= 0.6 is 11.3 Å². The van der Waals surface area contributed by atoms with Crippen LogP contribution in [0.1, 0.15) is 55.0 Å². The van der Waals surface area contributed by atoms with Crippen molar-refractivity contribution in [1.82, 2.24) is 10.3 Å². The largest absolute Gasteiger partial charge is 0.386 e. The van der Waals surface area contributed by atoms with Gasteiger partial charge in [-0.25, -0.2) is 4.98 Å². The van der Waals surface area contributed by atoms with Gasteiger partial charge < -0.3 is 11.1 Å². The molecule has 1 unspecified atom stereocenters. The van der Waals surface area contributed by atoms with Gasteiger partial charge in [0.15, 0.2) is 0 Å². The third kappa shape index (κ3) is 3.68. The van der Waals surface area contributed by atoms with Gasteiger partial charge >= 0.3 is 0 Å². The molecule has 0 fully saturated rings. The molecule has 134 valence electrons. The molecule has 0 aromatic carbocycles. The average Bonchev–Trinajstić information content (AvgIpc) is 2.93. The van der Waals surface area contributed by atoms with Gasteiger partial charge in [-0.3, -0.25) is 10.2 Å². The second kappa shape index (κ2) is 6.41. The fraction of sp³-hybridized carbons (Fsp3) is 0.526. The van der Waals surface area contributed by atoms with E-state index in [1.807, 2.05) is 6.07 Å². The minimum absolute atomic E-state index is 0.0451. The normalized spacial score (nSPS) is 18.6. The Kier molecular flexibility index (Phi) is 4.58. The molecule has 2 atom stereocenters. The van der Waals surface area contributed by atoms with Gasteiger partial charge in [-0.2, -0.15) is 0 Å². The minimum Gasteiger partial charge on any atom is -0.386 e. The van der Waals surface area contributed by atoms with E-state index >= 15 is 0 Å². The lowest BCUT2D eigenvalue weighted by molar-refractivity contribution is 0.0953. The van der Waals surface area contributed by atoms with Gasteiger partial charge in [-0.15, -0.1) is 11.3 Å². The Bertz CT molecular complexity index is 834. The van der Waals surface area contributed by atoms with Crippen molar-refractivity contribution in [2.45, 2.75) is 53.0 Å². The standard InChI is InChI=1S/C19H26N4OS/c1-10(16(20)21)22-17(24)15-9-12-7-11-8-13(19(2,3)4)5-6-14(11)23-18(12)25-15/h7,9-10,13H,5-6,8H2,1-4H3,(H3,20,21)(H,22,24)/t10-,13?/m0/s1. The van der Waals surface area contributed by atoms with Crippen LogP contribution in [0.4, 0.5) is 0 Å². The number of nitrogens with two attached hydrogens (primary N) is 1. The number of nitrogens with one attached hydrogen (secondary N) is 2. The van der Waals surface area contributed by atoms with Crippen LogP contribution in [0.15, 0.2) is 12.1 Å². The molecule has 2 heterocycles. The smallest absolute Gasteiger partial charge is 0.262 e. The molecule has 3 rings (SSSR count). The lowest BCUT2D eigenvalue weighted by Gasteiger charge is -2.34. The summed E-state index contributed by atoms with van der Waals surface area (Å²) in [6.45, 7) is 8.62. The molecule has 5 nitrogen and oxygen atoms in total. The van der Waals surface area contributed by atoms with Crippen LogP contribution in [-0.4, -0.2) is 22.8 Å². The Morgan fingerprint density at radius 1 is 1.44 bits per heavy atom. The molecule has 0 spiro atoms. The number of amides is 1. The highest BCUT2D eigenvalue weighted by Crippen LogP contribution is 2.38. The summed E-state index contributed by atoms with van der Waals surface area (Å²) < 4.78 is 0. The van der Waals surface area contributed by atoms with E-state index in [1.165, 1.54) is 29.0 Å². The summed E-state index contributed by atoms with van der Waals surface area (Å²) in [5.74, 6) is 0.421. The Balaban J connectivity index is 1.87. The maximum Gasteiger partial charge on any atom is 0.262 e. The molecular weight excluding hydrogens is 332 g/mol. The summed E-state index contributed by atoms with van der Waals surface area (Å²) in [4.78, 5) is 18.7. The van der Waals surface area contributed by atoms with Crippen molar-refractivity contribution in [3.05, 3.63) is 28.3 Å². The zero-order valence-corrected chi connectivity index (χ0v) is 16.1. The Labute approximate surface area is 152 Å². The van der Waals surface area contributed by atoms with Crippen molar-refractivity contribution in [1.29, 1.82) is 5.41 Å². The Morgan fingerprint density at radius 2 is 2.16 bits per heavy atom. The van der Waals surface area contributed by atoms with E-state index in [0.29, 0.717) is 16.2 Å². The summed E-state index contributed by atoms with van der Waals surface area (Å²) in [7, 11) is 0. The second-order valence-electron chi connectivity index (χ2n) is 8.06. The monoisotopic (exact) mass is 358 g/mol. The number of thiophene rings is 1. The molecule has 0 radical (unpaired) electrons. The molecule has 4 N–H and O–H groups in total. The summed E-state index contributed by atoms with van der Waals surface area (Å²) >= 11 is 1.40. The third-order valence-electron chi connectivity index (χ3n) is 5.14. The van der Waals surface area contributed by atoms with Gasteiger partial charge in [0.1, 0.15) is 10.7 Å². The Morgan fingerprint density at radius 3 is 2.80 bits per heavy atom. The second-order valence-corrected chi connectivity index (χ2v) is 9.09. The highest BCUT2D eigenvalue weighted by molar-refractivity contribution is 7.20.